The molecule has 1 aliphatic rings. The van der Waals surface area contributed by atoms with E-state index in [0.717, 1.165) is 6.42 Å². The molecule has 1 rings (SSSR count). The van der Waals surface area contributed by atoms with E-state index >= 15 is 0 Å². The summed E-state index contributed by atoms with van der Waals surface area (Å²) < 4.78 is 0. The lowest BCUT2D eigenvalue weighted by Crippen LogP contribution is -2.12. The van der Waals surface area contributed by atoms with E-state index in [0.29, 0.717) is 0 Å². The van der Waals surface area contributed by atoms with Crippen LogP contribution in [0.15, 0.2) is 0 Å². The average molecular weight is 137 g/mol. The van der Waals surface area contributed by atoms with Crippen LogP contribution in [0.4, 0.5) is 0 Å². The highest BCUT2D eigenvalue weighted by molar-refractivity contribution is 8.77. The molecule has 1 fully saturated rings. The maximum Gasteiger partial charge on any atom is 0.112 e. The van der Waals surface area contributed by atoms with Gasteiger partial charge in [0.2, 0.25) is 0 Å². The molecule has 1 heterocycles. The van der Waals surface area contributed by atoms with Gasteiger partial charge in [-0.15, -0.1) is 0 Å². The van der Waals surface area contributed by atoms with Crippen molar-refractivity contribution >= 4 is 21.6 Å². The zero-order chi connectivity index (χ0) is 5.28. The third kappa shape index (κ3) is 1.53. The molecule has 0 aliphatic carbocycles. The van der Waals surface area contributed by atoms with Crippen molar-refractivity contribution in [2.75, 3.05) is 0 Å². The van der Waals surface area contributed by atoms with Gasteiger partial charge in [0.25, 0.3) is 0 Å². The fourth-order valence-corrected chi connectivity index (χ4v) is 2.64. The van der Waals surface area contributed by atoms with Crippen LogP contribution in [0.5, 0.6) is 0 Å². The van der Waals surface area contributed by atoms with Gasteiger partial charge >= 0.3 is 0 Å². The van der Waals surface area contributed by atoms with Crippen LogP contribution in [0.25, 0.3) is 0 Å². The van der Waals surface area contributed by atoms with E-state index in [9.17, 15) is 0 Å². The van der Waals surface area contributed by atoms with Gasteiger partial charge in [0.1, 0.15) is 5.44 Å². The van der Waals surface area contributed by atoms with Crippen molar-refractivity contribution in [1.82, 2.24) is 0 Å². The molecular formula is C3H7NOS2. The first-order valence-corrected chi connectivity index (χ1v) is 4.32. The van der Waals surface area contributed by atoms with Crippen LogP contribution in [0.1, 0.15) is 6.42 Å². The zero-order valence-electron chi connectivity index (χ0n) is 3.70. The zero-order valence-corrected chi connectivity index (χ0v) is 5.34. The van der Waals surface area contributed by atoms with Crippen LogP contribution in [0.2, 0.25) is 0 Å². The average Bonchev–Trinajstić information content (AvgIpc) is 1.87. The summed E-state index contributed by atoms with van der Waals surface area (Å²) >= 11 is 0. The van der Waals surface area contributed by atoms with Gasteiger partial charge in [-0.1, -0.05) is 21.6 Å². The number of hydrogen-bond acceptors (Lipinski definition) is 4. The molecular weight excluding hydrogens is 130 g/mol. The number of rotatable bonds is 0. The van der Waals surface area contributed by atoms with E-state index in [1.807, 2.05) is 0 Å². The van der Waals surface area contributed by atoms with Gasteiger partial charge in [0.05, 0.1) is 5.37 Å². The molecule has 2 atom stereocenters. The minimum atomic E-state index is -0.222. The van der Waals surface area contributed by atoms with Gasteiger partial charge in [-0.3, -0.25) is 0 Å². The summed E-state index contributed by atoms with van der Waals surface area (Å²) in [4.78, 5) is 0. The quantitative estimate of drug-likeness (QED) is 0.474. The third-order valence-electron chi connectivity index (χ3n) is 0.724. The third-order valence-corrected chi connectivity index (χ3v) is 3.43. The van der Waals surface area contributed by atoms with Crippen molar-refractivity contribution in [3.63, 3.8) is 0 Å². The van der Waals surface area contributed by atoms with Gasteiger partial charge in [0, 0.05) is 6.42 Å². The van der Waals surface area contributed by atoms with Crippen molar-refractivity contribution in [1.29, 1.82) is 0 Å². The Balaban J connectivity index is 2.26. The first kappa shape index (κ1) is 5.75. The monoisotopic (exact) mass is 137 g/mol. The highest BCUT2D eigenvalue weighted by Crippen LogP contribution is 2.39. The Morgan fingerprint density at radius 2 is 2.29 bits per heavy atom. The van der Waals surface area contributed by atoms with Crippen molar-refractivity contribution in [2.24, 2.45) is 5.73 Å². The van der Waals surface area contributed by atoms with Crippen LogP contribution in [-0.4, -0.2) is 15.9 Å². The molecule has 1 aliphatic heterocycles. The van der Waals surface area contributed by atoms with E-state index in [1.165, 1.54) is 10.8 Å². The second kappa shape index (κ2) is 2.26. The molecule has 7 heavy (non-hydrogen) atoms. The maximum absolute atomic E-state index is 8.76. The Hall–Kier alpha value is 0.620. The minimum absolute atomic E-state index is 0.153. The largest absolute Gasteiger partial charge is 0.382 e. The minimum Gasteiger partial charge on any atom is -0.382 e. The van der Waals surface area contributed by atoms with Gasteiger partial charge < -0.3 is 10.8 Å². The Bertz CT molecular complexity index is 62.0. The van der Waals surface area contributed by atoms with E-state index in [4.69, 9.17) is 10.8 Å². The lowest BCUT2D eigenvalue weighted by Gasteiger charge is -1.93. The number of nitrogens with two attached hydrogens (primary N) is 1. The Labute approximate surface area is 50.2 Å². The topological polar surface area (TPSA) is 46.2 Å². The summed E-state index contributed by atoms with van der Waals surface area (Å²) in [5.41, 5.74) is 5.19. The smallest absolute Gasteiger partial charge is 0.112 e. The molecule has 0 saturated carbocycles. The number of aliphatic hydroxyl groups excluding tert-OH is 1. The standard InChI is InChI=1S/C3H7NOS2/c4-2-1-3(5)7-6-2/h2-3,5H,1,4H2. The molecule has 4 heteroatoms. The molecule has 1 saturated heterocycles. The van der Waals surface area contributed by atoms with Crippen LogP contribution in [-0.2, 0) is 0 Å². The maximum atomic E-state index is 8.76. The van der Waals surface area contributed by atoms with E-state index in [1.54, 1.807) is 10.8 Å². The van der Waals surface area contributed by atoms with Crippen molar-refractivity contribution in [3.05, 3.63) is 0 Å². The molecule has 2 nitrogen and oxygen atoms in total. The van der Waals surface area contributed by atoms with E-state index < -0.39 is 0 Å². The van der Waals surface area contributed by atoms with Crippen molar-refractivity contribution < 1.29 is 5.11 Å². The van der Waals surface area contributed by atoms with Crippen LogP contribution in [0, 0.1) is 0 Å². The van der Waals surface area contributed by atoms with Crippen molar-refractivity contribution in [3.8, 4) is 0 Å². The molecule has 2 unspecified atom stereocenters. The SMILES string of the molecule is NC1CC(O)SS1. The summed E-state index contributed by atoms with van der Waals surface area (Å²) in [5, 5.41) is 8.91. The van der Waals surface area contributed by atoms with E-state index in [2.05, 4.69) is 0 Å². The van der Waals surface area contributed by atoms with Crippen LogP contribution >= 0.6 is 21.6 Å². The number of hydrogen-bond donors (Lipinski definition) is 2. The van der Waals surface area contributed by atoms with Crippen LogP contribution in [0.3, 0.4) is 0 Å². The second-order valence-electron chi connectivity index (χ2n) is 1.42. The highest BCUT2D eigenvalue weighted by Gasteiger charge is 2.20. The van der Waals surface area contributed by atoms with Gasteiger partial charge in [-0.05, 0) is 0 Å². The molecule has 0 amide bonds. The Kier molecular flexibility index (Phi) is 1.86. The molecule has 3 N–H and O–H groups in total. The predicted molar refractivity (Wildman–Crippen MR) is 33.8 cm³/mol. The number of aliphatic hydroxyl groups is 1. The first-order chi connectivity index (χ1) is 3.29. The molecule has 0 spiro atoms. The lowest BCUT2D eigenvalue weighted by molar-refractivity contribution is 0.256. The van der Waals surface area contributed by atoms with Gasteiger partial charge in [-0.2, -0.15) is 0 Å². The van der Waals surface area contributed by atoms with Crippen molar-refractivity contribution in [2.45, 2.75) is 17.2 Å². The first-order valence-electron chi connectivity index (χ1n) is 2.05. The fraction of sp³-hybridized carbons (Fsp3) is 1.00. The van der Waals surface area contributed by atoms with E-state index in [-0.39, 0.29) is 10.8 Å². The Morgan fingerprint density at radius 1 is 1.57 bits per heavy atom. The molecule has 0 aromatic rings. The lowest BCUT2D eigenvalue weighted by atomic mass is 10.5. The molecule has 0 bridgehead atoms. The summed E-state index contributed by atoms with van der Waals surface area (Å²) in [6, 6.07) is 0. The normalized spacial score (nSPS) is 42.0. The van der Waals surface area contributed by atoms with Gasteiger partial charge in [-0.25, -0.2) is 0 Å². The molecule has 0 aromatic heterocycles. The van der Waals surface area contributed by atoms with Crippen LogP contribution < -0.4 is 5.73 Å². The summed E-state index contributed by atoms with van der Waals surface area (Å²) in [6.45, 7) is 0. The fourth-order valence-electron chi connectivity index (χ4n) is 0.413. The highest BCUT2D eigenvalue weighted by atomic mass is 33.1. The summed E-state index contributed by atoms with van der Waals surface area (Å²) in [7, 11) is 3.00. The molecule has 0 aromatic carbocycles. The summed E-state index contributed by atoms with van der Waals surface area (Å²) in [6.07, 6.45) is 0.731. The Morgan fingerprint density at radius 3 is 2.43 bits per heavy atom. The molecule has 42 valence electrons. The second-order valence-corrected chi connectivity index (χ2v) is 4.11. The summed E-state index contributed by atoms with van der Waals surface area (Å²) in [5.74, 6) is 0. The molecule has 0 radical (unpaired) electrons. The van der Waals surface area contributed by atoms with Gasteiger partial charge in [0.15, 0.2) is 0 Å². The predicted octanol–water partition coefficient (Wildman–Crippen LogP) is 0.375.